The van der Waals surface area contributed by atoms with Gasteiger partial charge in [0.05, 0.1) is 6.20 Å². The molecule has 0 spiro atoms. The topological polar surface area (TPSA) is 71.7 Å². The average Bonchev–Trinajstić information content (AvgIpc) is 2.97. The molecule has 0 fully saturated rings. The van der Waals surface area contributed by atoms with Crippen molar-refractivity contribution in [3.05, 3.63) is 17.8 Å². The normalized spacial score (nSPS) is 12.5. The molecule has 0 unspecified atom stereocenters. The molecule has 0 aliphatic carbocycles. The standard InChI is InChI=1S/C17H32N4O2/c1-6-18-16(19-10-8-9-11-22-7-2)21-13-15-20-12-14(23-15)17(3,4)5/h12H,6-11,13H2,1-5H3,(H2,18,19,21). The second-order valence-corrected chi connectivity index (χ2v) is 6.39. The van der Waals surface area contributed by atoms with E-state index in [4.69, 9.17) is 9.15 Å². The van der Waals surface area contributed by atoms with Crippen molar-refractivity contribution in [1.29, 1.82) is 0 Å². The summed E-state index contributed by atoms with van der Waals surface area (Å²) in [5, 5.41) is 6.55. The number of aliphatic imine (C=N–C) groups is 1. The Labute approximate surface area is 140 Å². The molecule has 132 valence electrons. The number of nitrogens with one attached hydrogen (secondary N) is 2. The first-order valence-electron chi connectivity index (χ1n) is 8.52. The van der Waals surface area contributed by atoms with Gasteiger partial charge in [-0.1, -0.05) is 20.8 Å². The van der Waals surface area contributed by atoms with Crippen molar-refractivity contribution >= 4 is 5.96 Å². The van der Waals surface area contributed by atoms with E-state index in [1.807, 2.05) is 6.92 Å². The highest BCUT2D eigenvalue weighted by molar-refractivity contribution is 5.79. The summed E-state index contributed by atoms with van der Waals surface area (Å²) in [5.74, 6) is 2.32. The Hall–Kier alpha value is -1.56. The predicted molar refractivity (Wildman–Crippen MR) is 93.7 cm³/mol. The van der Waals surface area contributed by atoms with Gasteiger partial charge >= 0.3 is 0 Å². The second-order valence-electron chi connectivity index (χ2n) is 6.39. The minimum absolute atomic E-state index is 0.0295. The Balaban J connectivity index is 2.43. The zero-order chi connectivity index (χ0) is 17.1. The van der Waals surface area contributed by atoms with Crippen LogP contribution in [0.2, 0.25) is 0 Å². The smallest absolute Gasteiger partial charge is 0.216 e. The van der Waals surface area contributed by atoms with Crippen LogP contribution in [0.1, 0.15) is 59.1 Å². The van der Waals surface area contributed by atoms with Crippen molar-refractivity contribution in [3.63, 3.8) is 0 Å². The van der Waals surface area contributed by atoms with Crippen molar-refractivity contribution < 1.29 is 9.15 Å². The summed E-state index contributed by atoms with van der Waals surface area (Å²) in [7, 11) is 0. The van der Waals surface area contributed by atoms with E-state index < -0.39 is 0 Å². The molecule has 0 saturated carbocycles. The van der Waals surface area contributed by atoms with Gasteiger partial charge in [-0.25, -0.2) is 9.98 Å². The highest BCUT2D eigenvalue weighted by Crippen LogP contribution is 2.22. The fourth-order valence-corrected chi connectivity index (χ4v) is 1.90. The first-order chi connectivity index (χ1) is 11.0. The number of aromatic nitrogens is 1. The lowest BCUT2D eigenvalue weighted by atomic mass is 9.94. The zero-order valence-electron chi connectivity index (χ0n) is 15.2. The molecule has 0 amide bonds. The molecule has 1 aromatic rings. The lowest BCUT2D eigenvalue weighted by Gasteiger charge is -2.13. The van der Waals surface area contributed by atoms with Gasteiger partial charge in [-0.2, -0.15) is 0 Å². The van der Waals surface area contributed by atoms with Gasteiger partial charge in [-0.15, -0.1) is 0 Å². The van der Waals surface area contributed by atoms with E-state index >= 15 is 0 Å². The second kappa shape index (κ2) is 10.3. The van der Waals surface area contributed by atoms with Gasteiger partial charge in [0.25, 0.3) is 0 Å². The van der Waals surface area contributed by atoms with Crippen LogP contribution in [-0.4, -0.2) is 37.2 Å². The molecule has 6 nitrogen and oxygen atoms in total. The maximum atomic E-state index is 5.76. The van der Waals surface area contributed by atoms with Crippen molar-refractivity contribution in [1.82, 2.24) is 15.6 Å². The van der Waals surface area contributed by atoms with Crippen LogP contribution in [-0.2, 0) is 16.7 Å². The molecule has 1 heterocycles. The molecular weight excluding hydrogens is 292 g/mol. The van der Waals surface area contributed by atoms with Crippen molar-refractivity contribution in [2.45, 2.75) is 59.4 Å². The van der Waals surface area contributed by atoms with Gasteiger partial charge in [0.15, 0.2) is 5.96 Å². The van der Waals surface area contributed by atoms with Gasteiger partial charge in [0, 0.05) is 31.7 Å². The van der Waals surface area contributed by atoms with E-state index in [1.54, 1.807) is 6.20 Å². The van der Waals surface area contributed by atoms with E-state index in [9.17, 15) is 0 Å². The van der Waals surface area contributed by atoms with Crippen LogP contribution in [0.25, 0.3) is 0 Å². The van der Waals surface area contributed by atoms with Crippen LogP contribution in [0.3, 0.4) is 0 Å². The van der Waals surface area contributed by atoms with E-state index in [2.05, 4.69) is 48.3 Å². The minimum atomic E-state index is -0.0295. The summed E-state index contributed by atoms with van der Waals surface area (Å²) in [6, 6.07) is 0. The summed E-state index contributed by atoms with van der Waals surface area (Å²) in [6.07, 6.45) is 3.89. The Morgan fingerprint density at radius 3 is 2.65 bits per heavy atom. The number of hydrogen-bond acceptors (Lipinski definition) is 4. The average molecular weight is 324 g/mol. The van der Waals surface area contributed by atoms with Crippen molar-refractivity contribution in [2.75, 3.05) is 26.3 Å². The van der Waals surface area contributed by atoms with Crippen LogP contribution in [0.5, 0.6) is 0 Å². The van der Waals surface area contributed by atoms with Gasteiger partial charge in [-0.3, -0.25) is 0 Å². The van der Waals surface area contributed by atoms with E-state index in [1.165, 1.54) is 0 Å². The Bertz CT molecular complexity index is 463. The number of unbranched alkanes of at least 4 members (excludes halogenated alkanes) is 1. The first-order valence-corrected chi connectivity index (χ1v) is 8.52. The lowest BCUT2D eigenvalue weighted by molar-refractivity contribution is 0.143. The van der Waals surface area contributed by atoms with Gasteiger partial charge in [-0.05, 0) is 26.7 Å². The molecule has 0 saturated heterocycles. The fourth-order valence-electron chi connectivity index (χ4n) is 1.90. The molecule has 6 heteroatoms. The SMILES string of the molecule is CCNC(=NCc1ncc(C(C)(C)C)o1)NCCCCOCC. The highest BCUT2D eigenvalue weighted by Gasteiger charge is 2.18. The van der Waals surface area contributed by atoms with Crippen molar-refractivity contribution in [3.8, 4) is 0 Å². The summed E-state index contributed by atoms with van der Waals surface area (Å²) < 4.78 is 11.1. The summed E-state index contributed by atoms with van der Waals surface area (Å²) >= 11 is 0. The van der Waals surface area contributed by atoms with E-state index in [0.717, 1.165) is 50.9 Å². The molecule has 23 heavy (non-hydrogen) atoms. The number of ether oxygens (including phenoxy) is 1. The monoisotopic (exact) mass is 324 g/mol. The van der Waals surface area contributed by atoms with Crippen LogP contribution in [0.15, 0.2) is 15.6 Å². The Morgan fingerprint density at radius 2 is 2.04 bits per heavy atom. The third-order valence-corrected chi connectivity index (χ3v) is 3.22. The number of hydrogen-bond donors (Lipinski definition) is 2. The molecule has 0 atom stereocenters. The minimum Gasteiger partial charge on any atom is -0.443 e. The number of guanidine groups is 1. The largest absolute Gasteiger partial charge is 0.443 e. The molecule has 0 aliphatic rings. The van der Waals surface area contributed by atoms with Gasteiger partial charge in [0.2, 0.25) is 5.89 Å². The van der Waals surface area contributed by atoms with Gasteiger partial charge in [0.1, 0.15) is 12.3 Å². The maximum Gasteiger partial charge on any atom is 0.216 e. The third-order valence-electron chi connectivity index (χ3n) is 3.22. The van der Waals surface area contributed by atoms with Crippen LogP contribution in [0.4, 0.5) is 0 Å². The summed E-state index contributed by atoms with van der Waals surface area (Å²) in [6.45, 7) is 14.1. The fraction of sp³-hybridized carbons (Fsp3) is 0.765. The van der Waals surface area contributed by atoms with Crippen LogP contribution in [0, 0.1) is 0 Å². The quantitative estimate of drug-likeness (QED) is 0.415. The van der Waals surface area contributed by atoms with E-state index in [-0.39, 0.29) is 5.41 Å². The van der Waals surface area contributed by atoms with Gasteiger partial charge < -0.3 is 19.8 Å². The molecule has 0 bridgehead atoms. The maximum absolute atomic E-state index is 5.76. The molecule has 0 aliphatic heterocycles. The zero-order valence-corrected chi connectivity index (χ0v) is 15.2. The predicted octanol–water partition coefficient (Wildman–Crippen LogP) is 2.84. The molecule has 1 aromatic heterocycles. The lowest BCUT2D eigenvalue weighted by Crippen LogP contribution is -2.37. The molecule has 0 aromatic carbocycles. The Morgan fingerprint density at radius 1 is 1.26 bits per heavy atom. The molecule has 0 radical (unpaired) electrons. The number of rotatable bonds is 9. The Kier molecular flexibility index (Phi) is 8.69. The summed E-state index contributed by atoms with van der Waals surface area (Å²) in [5.41, 5.74) is -0.0295. The number of oxazole rings is 1. The van der Waals surface area contributed by atoms with Crippen LogP contribution >= 0.6 is 0 Å². The van der Waals surface area contributed by atoms with Crippen molar-refractivity contribution in [2.24, 2.45) is 4.99 Å². The highest BCUT2D eigenvalue weighted by atomic mass is 16.5. The van der Waals surface area contributed by atoms with Crippen LogP contribution < -0.4 is 10.6 Å². The molecular formula is C17H32N4O2. The first kappa shape index (κ1) is 19.5. The molecule has 1 rings (SSSR count). The third kappa shape index (κ3) is 8.02. The summed E-state index contributed by atoms with van der Waals surface area (Å²) in [4.78, 5) is 8.82. The van der Waals surface area contributed by atoms with E-state index in [0.29, 0.717) is 12.4 Å². The molecule has 2 N–H and O–H groups in total. The number of nitrogens with zero attached hydrogens (tertiary/aromatic N) is 2.